The van der Waals surface area contributed by atoms with Gasteiger partial charge in [-0.1, -0.05) is 53.7 Å². The van der Waals surface area contributed by atoms with Crippen LogP contribution >= 0.6 is 23.4 Å². The van der Waals surface area contributed by atoms with Crippen molar-refractivity contribution in [2.24, 2.45) is 0 Å². The topological polar surface area (TPSA) is 60.3 Å². The standard InChI is InChI=1S/C25H22ClFN4O2S/c1-30(15-17-7-3-5-9-21(17)27)23(32)16-34-25-29-28-24(20-8-4-6-10-22(20)33-2)31(25)19-13-11-18(26)12-14-19/h3-14H,15-16H2,1-2H3. The van der Waals surface area contributed by atoms with Crippen LogP contribution in [0.1, 0.15) is 5.56 Å². The third-order valence-electron chi connectivity index (χ3n) is 5.18. The van der Waals surface area contributed by atoms with Crippen molar-refractivity contribution in [1.29, 1.82) is 0 Å². The van der Waals surface area contributed by atoms with Crippen LogP contribution in [0.4, 0.5) is 4.39 Å². The van der Waals surface area contributed by atoms with Crippen LogP contribution in [0.5, 0.6) is 5.75 Å². The Labute approximate surface area is 206 Å². The highest BCUT2D eigenvalue weighted by atomic mass is 35.5. The Balaban J connectivity index is 1.60. The van der Waals surface area contributed by atoms with E-state index in [4.69, 9.17) is 16.3 Å². The van der Waals surface area contributed by atoms with Gasteiger partial charge in [0.15, 0.2) is 11.0 Å². The summed E-state index contributed by atoms with van der Waals surface area (Å²) in [6, 6.07) is 21.2. The molecular weight excluding hydrogens is 475 g/mol. The van der Waals surface area contributed by atoms with E-state index < -0.39 is 0 Å². The molecule has 1 heterocycles. The molecule has 0 bridgehead atoms. The molecule has 0 aliphatic rings. The summed E-state index contributed by atoms with van der Waals surface area (Å²) in [6.07, 6.45) is 0. The number of thioether (sulfide) groups is 1. The van der Waals surface area contributed by atoms with Crippen LogP contribution in [-0.2, 0) is 11.3 Å². The van der Waals surface area contributed by atoms with Gasteiger partial charge in [-0.2, -0.15) is 0 Å². The number of aromatic nitrogens is 3. The van der Waals surface area contributed by atoms with Crippen molar-refractivity contribution < 1.29 is 13.9 Å². The maximum atomic E-state index is 14.0. The van der Waals surface area contributed by atoms with Gasteiger partial charge in [0.1, 0.15) is 11.6 Å². The summed E-state index contributed by atoms with van der Waals surface area (Å²) in [5.41, 5.74) is 2.03. The molecule has 0 spiro atoms. The van der Waals surface area contributed by atoms with Crippen molar-refractivity contribution >= 4 is 29.3 Å². The molecule has 174 valence electrons. The maximum Gasteiger partial charge on any atom is 0.233 e. The summed E-state index contributed by atoms with van der Waals surface area (Å²) < 4.78 is 21.4. The van der Waals surface area contributed by atoms with Crippen LogP contribution < -0.4 is 4.74 Å². The second kappa shape index (κ2) is 10.7. The molecular formula is C25H22ClFN4O2S. The fraction of sp³-hybridized carbons (Fsp3) is 0.160. The average molecular weight is 497 g/mol. The molecule has 4 aromatic rings. The maximum absolute atomic E-state index is 14.0. The number of hydrogen-bond acceptors (Lipinski definition) is 5. The minimum Gasteiger partial charge on any atom is -0.496 e. The van der Waals surface area contributed by atoms with E-state index in [1.54, 1.807) is 44.5 Å². The lowest BCUT2D eigenvalue weighted by molar-refractivity contribution is -0.127. The van der Waals surface area contributed by atoms with Crippen LogP contribution in [0.25, 0.3) is 17.1 Å². The van der Waals surface area contributed by atoms with E-state index in [9.17, 15) is 9.18 Å². The van der Waals surface area contributed by atoms with Gasteiger partial charge >= 0.3 is 0 Å². The molecule has 0 aliphatic heterocycles. The summed E-state index contributed by atoms with van der Waals surface area (Å²) in [6.45, 7) is 0.183. The Morgan fingerprint density at radius 1 is 1.06 bits per heavy atom. The number of carbonyl (C=O) groups is 1. The SMILES string of the molecule is COc1ccccc1-c1nnc(SCC(=O)N(C)Cc2ccccc2F)n1-c1ccc(Cl)cc1. The zero-order chi connectivity index (χ0) is 24.1. The van der Waals surface area contributed by atoms with Crippen molar-refractivity contribution in [3.63, 3.8) is 0 Å². The summed E-state index contributed by atoms with van der Waals surface area (Å²) in [5, 5.41) is 9.90. The molecule has 1 amide bonds. The lowest BCUT2D eigenvalue weighted by Crippen LogP contribution is -2.28. The number of benzene rings is 3. The third-order valence-corrected chi connectivity index (χ3v) is 6.35. The van der Waals surface area contributed by atoms with Gasteiger partial charge in [-0.05, 0) is 42.5 Å². The molecule has 0 N–H and O–H groups in total. The van der Waals surface area contributed by atoms with Crippen molar-refractivity contribution in [3.8, 4) is 22.8 Å². The van der Waals surface area contributed by atoms with Gasteiger partial charge in [-0.15, -0.1) is 10.2 Å². The minimum absolute atomic E-state index is 0.114. The van der Waals surface area contributed by atoms with Crippen LogP contribution in [0.3, 0.4) is 0 Å². The van der Waals surface area contributed by atoms with Gasteiger partial charge in [-0.25, -0.2) is 4.39 Å². The minimum atomic E-state index is -0.335. The predicted octanol–water partition coefficient (Wildman–Crippen LogP) is 5.49. The molecule has 0 radical (unpaired) electrons. The lowest BCUT2D eigenvalue weighted by Gasteiger charge is -2.17. The fourth-order valence-electron chi connectivity index (χ4n) is 3.40. The van der Waals surface area contributed by atoms with E-state index in [1.165, 1.54) is 22.7 Å². The number of amides is 1. The Bertz CT molecular complexity index is 1300. The number of para-hydroxylation sites is 1. The quantitative estimate of drug-likeness (QED) is 0.302. The predicted molar refractivity (Wildman–Crippen MR) is 132 cm³/mol. The fourth-order valence-corrected chi connectivity index (χ4v) is 4.42. The molecule has 4 rings (SSSR count). The number of halogens is 2. The molecule has 3 aromatic carbocycles. The molecule has 34 heavy (non-hydrogen) atoms. The third kappa shape index (κ3) is 5.24. The molecule has 0 fully saturated rings. The molecule has 0 unspecified atom stereocenters. The summed E-state index contributed by atoms with van der Waals surface area (Å²) in [4.78, 5) is 14.3. The summed E-state index contributed by atoms with van der Waals surface area (Å²) in [5.74, 6) is 0.857. The van der Waals surface area contributed by atoms with Crippen molar-refractivity contribution in [2.45, 2.75) is 11.7 Å². The van der Waals surface area contributed by atoms with E-state index in [-0.39, 0.29) is 24.0 Å². The van der Waals surface area contributed by atoms with Gasteiger partial charge < -0.3 is 9.64 Å². The molecule has 0 saturated carbocycles. The smallest absolute Gasteiger partial charge is 0.233 e. The van der Waals surface area contributed by atoms with Crippen molar-refractivity contribution in [1.82, 2.24) is 19.7 Å². The van der Waals surface area contributed by atoms with E-state index in [2.05, 4.69) is 10.2 Å². The van der Waals surface area contributed by atoms with E-state index in [0.29, 0.717) is 27.3 Å². The number of ether oxygens (including phenoxy) is 1. The van der Waals surface area contributed by atoms with Crippen LogP contribution in [-0.4, -0.2) is 45.5 Å². The number of nitrogens with zero attached hydrogens (tertiary/aromatic N) is 4. The van der Waals surface area contributed by atoms with E-state index >= 15 is 0 Å². The molecule has 9 heteroatoms. The highest BCUT2D eigenvalue weighted by Crippen LogP contribution is 2.33. The highest BCUT2D eigenvalue weighted by Gasteiger charge is 2.21. The molecule has 0 atom stereocenters. The van der Waals surface area contributed by atoms with Gasteiger partial charge in [0.05, 0.1) is 18.4 Å². The van der Waals surface area contributed by atoms with Crippen LogP contribution in [0.15, 0.2) is 78.0 Å². The van der Waals surface area contributed by atoms with Gasteiger partial charge in [0, 0.05) is 29.9 Å². The van der Waals surface area contributed by atoms with Gasteiger partial charge in [0.25, 0.3) is 0 Å². The molecule has 1 aromatic heterocycles. The molecule has 6 nitrogen and oxygen atoms in total. The normalized spacial score (nSPS) is 10.8. The monoisotopic (exact) mass is 496 g/mol. The first-order valence-electron chi connectivity index (χ1n) is 10.4. The average Bonchev–Trinajstić information content (AvgIpc) is 3.28. The first-order chi connectivity index (χ1) is 16.5. The zero-order valence-corrected chi connectivity index (χ0v) is 20.2. The molecule has 0 saturated heterocycles. The first-order valence-corrected chi connectivity index (χ1v) is 11.8. The lowest BCUT2D eigenvalue weighted by atomic mass is 10.2. The second-order valence-electron chi connectivity index (χ2n) is 7.45. The Kier molecular flexibility index (Phi) is 7.49. The Morgan fingerprint density at radius 3 is 2.50 bits per heavy atom. The number of methoxy groups -OCH3 is 1. The highest BCUT2D eigenvalue weighted by molar-refractivity contribution is 7.99. The summed E-state index contributed by atoms with van der Waals surface area (Å²) in [7, 11) is 3.25. The zero-order valence-electron chi connectivity index (χ0n) is 18.6. The second-order valence-corrected chi connectivity index (χ2v) is 8.83. The Morgan fingerprint density at radius 2 is 1.76 bits per heavy atom. The molecule has 0 aliphatic carbocycles. The van der Waals surface area contributed by atoms with Gasteiger partial charge in [-0.3, -0.25) is 9.36 Å². The van der Waals surface area contributed by atoms with E-state index in [1.807, 2.05) is 41.0 Å². The van der Waals surface area contributed by atoms with Crippen molar-refractivity contribution in [2.75, 3.05) is 19.9 Å². The van der Waals surface area contributed by atoms with Crippen LogP contribution in [0.2, 0.25) is 5.02 Å². The number of hydrogen-bond donors (Lipinski definition) is 0. The Hall–Kier alpha value is -3.36. The van der Waals surface area contributed by atoms with Gasteiger partial charge in [0.2, 0.25) is 5.91 Å². The largest absolute Gasteiger partial charge is 0.496 e. The van der Waals surface area contributed by atoms with Crippen molar-refractivity contribution in [3.05, 3.63) is 89.2 Å². The first kappa shape index (κ1) is 23.8. The number of rotatable bonds is 8. The van der Waals surface area contributed by atoms with E-state index in [0.717, 1.165) is 11.3 Å². The van der Waals surface area contributed by atoms with Crippen LogP contribution in [0, 0.1) is 5.82 Å². The number of carbonyl (C=O) groups excluding carboxylic acids is 1. The summed E-state index contributed by atoms with van der Waals surface area (Å²) >= 11 is 7.35.